The van der Waals surface area contributed by atoms with E-state index >= 15 is 0 Å². The number of benzene rings is 1. The number of nitrogens with zero attached hydrogens (tertiary/aromatic N) is 2. The Labute approximate surface area is 155 Å². The molecule has 0 aliphatic carbocycles. The zero-order chi connectivity index (χ0) is 19.8. The van der Waals surface area contributed by atoms with Gasteiger partial charge in [-0.2, -0.15) is 13.2 Å². The molecule has 2 heterocycles. The molecule has 0 saturated carbocycles. The second-order valence-corrected chi connectivity index (χ2v) is 7.61. The maximum Gasteiger partial charge on any atom is 0.418 e. The molecule has 8 heteroatoms. The number of anilines is 1. The topological polar surface area (TPSA) is 54.5 Å². The quantitative estimate of drug-likeness (QED) is 0.821. The fourth-order valence-electron chi connectivity index (χ4n) is 3.12. The van der Waals surface area contributed by atoms with Crippen LogP contribution in [0.15, 0.2) is 30.5 Å². The molecule has 1 fully saturated rings. The van der Waals surface area contributed by atoms with Crippen LogP contribution in [0.5, 0.6) is 0 Å². The molecule has 3 rings (SSSR count). The van der Waals surface area contributed by atoms with Crippen molar-refractivity contribution in [2.24, 2.45) is 0 Å². The second-order valence-electron chi connectivity index (χ2n) is 7.61. The lowest BCUT2D eigenvalue weighted by molar-refractivity contribution is -0.136. The van der Waals surface area contributed by atoms with Crippen LogP contribution in [0.4, 0.5) is 23.7 Å². The standard InChI is InChI=1S/C19H22F3N3O2/c1-18(2,3)27-17(26)25-10-8-12(11-25)24-15-7-9-23-16-13(15)5-4-6-14(16)19(20,21)22/h4-7,9,12H,8,10-11H2,1-3H3,(H,23,24)/t12-/m1/s1. The zero-order valence-corrected chi connectivity index (χ0v) is 15.4. The molecule has 27 heavy (non-hydrogen) atoms. The molecule has 1 aromatic heterocycles. The number of halogens is 3. The third kappa shape index (κ3) is 4.43. The monoisotopic (exact) mass is 381 g/mol. The first-order valence-electron chi connectivity index (χ1n) is 8.74. The summed E-state index contributed by atoms with van der Waals surface area (Å²) in [6.45, 7) is 6.37. The molecule has 0 bridgehead atoms. The first kappa shape index (κ1) is 19.3. The Balaban J connectivity index is 1.77. The lowest BCUT2D eigenvalue weighted by Crippen LogP contribution is -2.36. The summed E-state index contributed by atoms with van der Waals surface area (Å²) in [5.41, 5.74) is -0.845. The number of hydrogen-bond acceptors (Lipinski definition) is 4. The Bertz CT molecular complexity index is 846. The Kier molecular flexibility index (Phi) is 4.92. The third-order valence-electron chi connectivity index (χ3n) is 4.28. The van der Waals surface area contributed by atoms with Gasteiger partial charge >= 0.3 is 12.3 Å². The summed E-state index contributed by atoms with van der Waals surface area (Å²) in [4.78, 5) is 17.7. The highest BCUT2D eigenvalue weighted by atomic mass is 19.4. The molecular weight excluding hydrogens is 359 g/mol. The minimum Gasteiger partial charge on any atom is -0.444 e. The highest BCUT2D eigenvalue weighted by molar-refractivity contribution is 5.93. The fraction of sp³-hybridized carbons (Fsp3) is 0.474. The van der Waals surface area contributed by atoms with Crippen LogP contribution in [0, 0.1) is 0 Å². The molecular formula is C19H22F3N3O2. The van der Waals surface area contributed by atoms with Crippen LogP contribution in [-0.2, 0) is 10.9 Å². The molecule has 1 aromatic carbocycles. The molecule has 1 amide bonds. The number of aromatic nitrogens is 1. The largest absolute Gasteiger partial charge is 0.444 e. The molecule has 0 spiro atoms. The summed E-state index contributed by atoms with van der Waals surface area (Å²) in [7, 11) is 0. The molecule has 1 saturated heterocycles. The van der Waals surface area contributed by atoms with Crippen molar-refractivity contribution in [3.8, 4) is 0 Å². The molecule has 5 nitrogen and oxygen atoms in total. The van der Waals surface area contributed by atoms with Crippen molar-refractivity contribution in [2.75, 3.05) is 18.4 Å². The second kappa shape index (κ2) is 6.90. The lowest BCUT2D eigenvalue weighted by atomic mass is 10.1. The van der Waals surface area contributed by atoms with E-state index in [2.05, 4.69) is 10.3 Å². The van der Waals surface area contributed by atoms with E-state index in [-0.39, 0.29) is 17.7 Å². The minimum atomic E-state index is -4.47. The Morgan fingerprint density at radius 3 is 2.67 bits per heavy atom. The maximum atomic E-state index is 13.2. The summed E-state index contributed by atoms with van der Waals surface area (Å²) < 4.78 is 45.0. The van der Waals surface area contributed by atoms with Gasteiger partial charge in [-0.3, -0.25) is 4.98 Å². The number of para-hydroxylation sites is 1. The van der Waals surface area contributed by atoms with Gasteiger partial charge in [0.1, 0.15) is 5.60 Å². The molecule has 2 aromatic rings. The van der Waals surface area contributed by atoms with Crippen molar-refractivity contribution in [1.82, 2.24) is 9.88 Å². The highest BCUT2D eigenvalue weighted by Crippen LogP contribution is 2.36. The number of amides is 1. The van der Waals surface area contributed by atoms with Crippen molar-refractivity contribution in [1.29, 1.82) is 0 Å². The van der Waals surface area contributed by atoms with E-state index in [0.717, 1.165) is 6.07 Å². The first-order valence-corrected chi connectivity index (χ1v) is 8.74. The normalized spacial score (nSPS) is 18.0. The van der Waals surface area contributed by atoms with E-state index in [1.165, 1.54) is 12.3 Å². The van der Waals surface area contributed by atoms with Gasteiger partial charge in [0.2, 0.25) is 0 Å². The molecule has 1 N–H and O–H groups in total. The van der Waals surface area contributed by atoms with Crippen LogP contribution in [0.2, 0.25) is 0 Å². The molecule has 1 aliphatic rings. The lowest BCUT2D eigenvalue weighted by Gasteiger charge is -2.24. The van der Waals surface area contributed by atoms with E-state index in [0.29, 0.717) is 30.6 Å². The molecule has 146 valence electrons. The van der Waals surface area contributed by atoms with Crippen molar-refractivity contribution in [2.45, 2.75) is 45.0 Å². The summed E-state index contributed by atoms with van der Waals surface area (Å²) in [5.74, 6) is 0. The summed E-state index contributed by atoms with van der Waals surface area (Å²) in [6, 6.07) is 5.59. The van der Waals surface area contributed by atoms with Crippen LogP contribution >= 0.6 is 0 Å². The predicted molar refractivity (Wildman–Crippen MR) is 96.6 cm³/mol. The number of nitrogens with one attached hydrogen (secondary N) is 1. The summed E-state index contributed by atoms with van der Waals surface area (Å²) >= 11 is 0. The van der Waals surface area contributed by atoms with Gasteiger partial charge in [0.25, 0.3) is 0 Å². The van der Waals surface area contributed by atoms with Crippen LogP contribution in [-0.4, -0.2) is 40.7 Å². The van der Waals surface area contributed by atoms with Gasteiger partial charge in [-0.25, -0.2) is 4.79 Å². The summed E-state index contributed by atoms with van der Waals surface area (Å²) in [6.07, 6.45) is -2.81. The minimum absolute atomic E-state index is 0.0716. The smallest absolute Gasteiger partial charge is 0.418 e. The maximum absolute atomic E-state index is 13.2. The van der Waals surface area contributed by atoms with Crippen LogP contribution < -0.4 is 5.32 Å². The number of rotatable bonds is 2. The van der Waals surface area contributed by atoms with E-state index < -0.39 is 17.3 Å². The van der Waals surface area contributed by atoms with Gasteiger partial charge < -0.3 is 15.0 Å². The molecule has 1 atom stereocenters. The summed E-state index contributed by atoms with van der Waals surface area (Å²) in [5, 5.41) is 3.66. The number of pyridine rings is 1. The SMILES string of the molecule is CC(C)(C)OC(=O)N1CC[C@@H](Nc2ccnc3c(C(F)(F)F)cccc23)C1. The number of carbonyl (C=O) groups is 1. The van der Waals surface area contributed by atoms with Crippen molar-refractivity contribution in [3.63, 3.8) is 0 Å². The van der Waals surface area contributed by atoms with Crippen LogP contribution in [0.1, 0.15) is 32.8 Å². The Hall–Kier alpha value is -2.51. The molecule has 0 unspecified atom stereocenters. The Morgan fingerprint density at radius 1 is 1.26 bits per heavy atom. The number of fused-ring (bicyclic) bond motifs is 1. The number of likely N-dealkylation sites (tertiary alicyclic amines) is 1. The van der Waals surface area contributed by atoms with Gasteiger partial charge in [-0.15, -0.1) is 0 Å². The first-order chi connectivity index (χ1) is 12.5. The van der Waals surface area contributed by atoms with Crippen LogP contribution in [0.25, 0.3) is 10.9 Å². The predicted octanol–water partition coefficient (Wildman–Crippen LogP) is 4.67. The average molecular weight is 381 g/mol. The van der Waals surface area contributed by atoms with E-state index in [1.807, 2.05) is 0 Å². The average Bonchev–Trinajstić information content (AvgIpc) is 3.01. The Morgan fingerprint density at radius 2 is 2.00 bits per heavy atom. The highest BCUT2D eigenvalue weighted by Gasteiger charge is 2.34. The van der Waals surface area contributed by atoms with Crippen molar-refractivity contribution >= 4 is 22.7 Å². The number of hydrogen-bond donors (Lipinski definition) is 1. The molecule has 1 aliphatic heterocycles. The van der Waals surface area contributed by atoms with Gasteiger partial charge in [0.15, 0.2) is 0 Å². The van der Waals surface area contributed by atoms with E-state index in [9.17, 15) is 18.0 Å². The van der Waals surface area contributed by atoms with Gasteiger partial charge in [0.05, 0.1) is 11.1 Å². The third-order valence-corrected chi connectivity index (χ3v) is 4.28. The van der Waals surface area contributed by atoms with Crippen molar-refractivity contribution in [3.05, 3.63) is 36.0 Å². The zero-order valence-electron chi connectivity index (χ0n) is 15.4. The van der Waals surface area contributed by atoms with Gasteiger partial charge in [-0.05, 0) is 39.3 Å². The van der Waals surface area contributed by atoms with E-state index in [4.69, 9.17) is 4.74 Å². The van der Waals surface area contributed by atoms with Crippen molar-refractivity contribution < 1.29 is 22.7 Å². The van der Waals surface area contributed by atoms with Gasteiger partial charge in [-0.1, -0.05) is 12.1 Å². The number of ether oxygens (including phenoxy) is 1. The fourth-order valence-corrected chi connectivity index (χ4v) is 3.12. The van der Waals surface area contributed by atoms with Crippen LogP contribution in [0.3, 0.4) is 0 Å². The van der Waals surface area contributed by atoms with E-state index in [1.54, 1.807) is 37.8 Å². The number of alkyl halides is 3. The molecule has 0 radical (unpaired) electrons. The number of carbonyl (C=O) groups excluding carboxylic acids is 1. The van der Waals surface area contributed by atoms with Gasteiger partial charge in [0, 0.05) is 36.4 Å².